The first-order chi connectivity index (χ1) is 12.6. The molecule has 0 bridgehead atoms. The van der Waals surface area contributed by atoms with Gasteiger partial charge in [0, 0.05) is 22.6 Å². The number of hydrogen-bond acceptors (Lipinski definition) is 3. The second-order valence-electron chi connectivity index (χ2n) is 7.21. The molecule has 0 radical (unpaired) electrons. The molecule has 3 amide bonds. The highest BCUT2D eigenvalue weighted by Gasteiger charge is 2.38. The van der Waals surface area contributed by atoms with Crippen LogP contribution in [0.4, 0.5) is 0 Å². The van der Waals surface area contributed by atoms with Crippen molar-refractivity contribution < 1.29 is 14.4 Å². The van der Waals surface area contributed by atoms with Crippen molar-refractivity contribution in [2.75, 3.05) is 0 Å². The van der Waals surface area contributed by atoms with Gasteiger partial charge in [0.15, 0.2) is 0 Å². The van der Waals surface area contributed by atoms with Crippen molar-refractivity contribution >= 4 is 28.5 Å². The predicted octanol–water partition coefficient (Wildman–Crippen LogP) is 3.27. The van der Waals surface area contributed by atoms with Gasteiger partial charge in [0.25, 0.3) is 11.8 Å². The third kappa shape index (κ3) is 2.68. The van der Waals surface area contributed by atoms with Crippen molar-refractivity contribution in [2.45, 2.75) is 51.1 Å². The average molecular weight is 350 g/mol. The standard InChI is InChI=1S/C21H22N2O3/c1-13(19(24)22-15-9-3-2-4-10-15)23-20(25)16-11-5-7-14-8-6-12-17(18(14)16)21(23)26/h5-8,11-13,15H,2-4,9-10H2,1H3,(H,22,24)/t13-/m1/s1. The van der Waals surface area contributed by atoms with Crippen LogP contribution in [0.25, 0.3) is 10.8 Å². The number of imide groups is 1. The van der Waals surface area contributed by atoms with Gasteiger partial charge >= 0.3 is 0 Å². The van der Waals surface area contributed by atoms with Crippen LogP contribution in [-0.2, 0) is 4.79 Å². The molecule has 0 saturated heterocycles. The van der Waals surface area contributed by atoms with Gasteiger partial charge in [0.05, 0.1) is 0 Å². The minimum Gasteiger partial charge on any atom is -0.352 e. The van der Waals surface area contributed by atoms with Crippen LogP contribution in [0, 0.1) is 0 Å². The Bertz CT molecular complexity index is 849. The van der Waals surface area contributed by atoms with E-state index < -0.39 is 17.9 Å². The van der Waals surface area contributed by atoms with Crippen LogP contribution >= 0.6 is 0 Å². The summed E-state index contributed by atoms with van der Waals surface area (Å²) in [6.45, 7) is 1.63. The number of nitrogens with zero attached hydrogens (tertiary/aromatic N) is 1. The van der Waals surface area contributed by atoms with Crippen LogP contribution in [0.5, 0.6) is 0 Å². The van der Waals surface area contributed by atoms with E-state index in [1.807, 2.05) is 12.1 Å². The molecule has 26 heavy (non-hydrogen) atoms. The van der Waals surface area contributed by atoms with E-state index in [1.165, 1.54) is 6.42 Å². The molecule has 5 heteroatoms. The van der Waals surface area contributed by atoms with Gasteiger partial charge in [-0.1, -0.05) is 43.5 Å². The highest BCUT2D eigenvalue weighted by atomic mass is 16.2. The maximum atomic E-state index is 13.0. The van der Waals surface area contributed by atoms with E-state index in [9.17, 15) is 14.4 Å². The van der Waals surface area contributed by atoms with Crippen LogP contribution in [-0.4, -0.2) is 34.7 Å². The highest BCUT2D eigenvalue weighted by Crippen LogP contribution is 2.31. The lowest BCUT2D eigenvalue weighted by Crippen LogP contribution is -2.54. The Balaban J connectivity index is 1.64. The lowest BCUT2D eigenvalue weighted by Gasteiger charge is -2.32. The summed E-state index contributed by atoms with van der Waals surface area (Å²) in [6, 6.07) is 10.1. The molecule has 1 heterocycles. The summed E-state index contributed by atoms with van der Waals surface area (Å²) < 4.78 is 0. The molecule has 2 aromatic rings. The molecule has 5 nitrogen and oxygen atoms in total. The Morgan fingerprint density at radius 3 is 2.15 bits per heavy atom. The van der Waals surface area contributed by atoms with Crippen molar-refractivity contribution in [1.82, 2.24) is 10.2 Å². The number of amides is 3. The zero-order valence-electron chi connectivity index (χ0n) is 14.8. The smallest absolute Gasteiger partial charge is 0.262 e. The van der Waals surface area contributed by atoms with E-state index in [1.54, 1.807) is 31.2 Å². The first-order valence-corrected chi connectivity index (χ1v) is 9.28. The first-order valence-electron chi connectivity index (χ1n) is 9.28. The molecule has 0 unspecified atom stereocenters. The van der Waals surface area contributed by atoms with Gasteiger partial charge in [-0.05, 0) is 37.3 Å². The fourth-order valence-electron chi connectivity index (χ4n) is 4.09. The third-order valence-corrected chi connectivity index (χ3v) is 5.52. The van der Waals surface area contributed by atoms with Crippen LogP contribution in [0.1, 0.15) is 59.7 Å². The van der Waals surface area contributed by atoms with E-state index in [0.717, 1.165) is 36.0 Å². The molecule has 1 fully saturated rings. The summed E-state index contributed by atoms with van der Waals surface area (Å²) in [6.07, 6.45) is 5.34. The van der Waals surface area contributed by atoms with Crippen molar-refractivity contribution in [1.29, 1.82) is 0 Å². The van der Waals surface area contributed by atoms with Crippen LogP contribution < -0.4 is 5.32 Å². The van der Waals surface area contributed by atoms with Gasteiger partial charge in [0.2, 0.25) is 5.91 Å². The SMILES string of the molecule is C[C@H](C(=O)NC1CCCCC1)N1C(=O)c2cccc3cccc(c23)C1=O. The molecule has 0 spiro atoms. The molecule has 0 aromatic heterocycles. The topological polar surface area (TPSA) is 66.5 Å². The molecule has 1 aliphatic heterocycles. The van der Waals surface area contributed by atoms with E-state index in [-0.39, 0.29) is 11.9 Å². The maximum Gasteiger partial charge on any atom is 0.262 e. The molecule has 2 aromatic carbocycles. The van der Waals surface area contributed by atoms with Gasteiger partial charge in [0.1, 0.15) is 6.04 Å². The number of benzene rings is 2. The lowest BCUT2D eigenvalue weighted by atomic mass is 9.93. The van der Waals surface area contributed by atoms with E-state index >= 15 is 0 Å². The highest BCUT2D eigenvalue weighted by molar-refractivity contribution is 6.26. The summed E-state index contributed by atoms with van der Waals surface area (Å²) in [5, 5.41) is 4.56. The summed E-state index contributed by atoms with van der Waals surface area (Å²) in [7, 11) is 0. The van der Waals surface area contributed by atoms with Gasteiger partial charge in [-0.3, -0.25) is 19.3 Å². The Morgan fingerprint density at radius 2 is 1.58 bits per heavy atom. The molecule has 1 atom stereocenters. The molecule has 1 aliphatic carbocycles. The molecule has 1 N–H and O–H groups in total. The summed E-state index contributed by atoms with van der Waals surface area (Å²) in [4.78, 5) is 39.8. The summed E-state index contributed by atoms with van der Waals surface area (Å²) >= 11 is 0. The Morgan fingerprint density at radius 1 is 1.00 bits per heavy atom. The quantitative estimate of drug-likeness (QED) is 0.864. The third-order valence-electron chi connectivity index (χ3n) is 5.52. The number of rotatable bonds is 3. The summed E-state index contributed by atoms with van der Waals surface area (Å²) in [5.41, 5.74) is 0.963. The fourth-order valence-corrected chi connectivity index (χ4v) is 4.09. The maximum absolute atomic E-state index is 13.0. The van der Waals surface area contributed by atoms with Crippen molar-refractivity contribution in [3.8, 4) is 0 Å². The van der Waals surface area contributed by atoms with Gasteiger partial charge in [-0.15, -0.1) is 0 Å². The molecular weight excluding hydrogens is 328 g/mol. The second kappa shape index (κ2) is 6.56. The van der Waals surface area contributed by atoms with Gasteiger partial charge in [-0.2, -0.15) is 0 Å². The molecule has 134 valence electrons. The zero-order chi connectivity index (χ0) is 18.3. The molecular formula is C21H22N2O3. The summed E-state index contributed by atoms with van der Waals surface area (Å²) in [5.74, 6) is -1.05. The first kappa shape index (κ1) is 16.8. The van der Waals surface area contributed by atoms with Crippen LogP contribution in [0.15, 0.2) is 36.4 Å². The fraction of sp³-hybridized carbons (Fsp3) is 0.381. The lowest BCUT2D eigenvalue weighted by molar-refractivity contribution is -0.125. The average Bonchev–Trinajstić information content (AvgIpc) is 2.66. The largest absolute Gasteiger partial charge is 0.352 e. The molecule has 1 saturated carbocycles. The van der Waals surface area contributed by atoms with E-state index in [2.05, 4.69) is 5.32 Å². The van der Waals surface area contributed by atoms with Crippen LogP contribution in [0.3, 0.4) is 0 Å². The zero-order valence-corrected chi connectivity index (χ0v) is 14.8. The number of hydrogen-bond donors (Lipinski definition) is 1. The Hall–Kier alpha value is -2.69. The normalized spacial score (nSPS) is 18.9. The van der Waals surface area contributed by atoms with E-state index in [0.29, 0.717) is 16.5 Å². The van der Waals surface area contributed by atoms with Gasteiger partial charge < -0.3 is 5.32 Å². The van der Waals surface area contributed by atoms with Crippen molar-refractivity contribution in [3.05, 3.63) is 47.5 Å². The van der Waals surface area contributed by atoms with Crippen LogP contribution in [0.2, 0.25) is 0 Å². The van der Waals surface area contributed by atoms with Crippen molar-refractivity contribution in [3.63, 3.8) is 0 Å². The predicted molar refractivity (Wildman–Crippen MR) is 98.9 cm³/mol. The Labute approximate surface area is 152 Å². The number of nitrogens with one attached hydrogen (secondary N) is 1. The van der Waals surface area contributed by atoms with E-state index in [4.69, 9.17) is 0 Å². The minimum absolute atomic E-state index is 0.143. The van der Waals surface area contributed by atoms with Gasteiger partial charge in [-0.25, -0.2) is 0 Å². The monoisotopic (exact) mass is 350 g/mol. The molecule has 2 aliphatic rings. The second-order valence-corrected chi connectivity index (χ2v) is 7.21. The number of carbonyl (C=O) groups is 3. The number of carbonyl (C=O) groups excluding carboxylic acids is 3. The minimum atomic E-state index is -0.833. The Kier molecular flexibility index (Phi) is 4.23. The van der Waals surface area contributed by atoms with Crippen molar-refractivity contribution in [2.24, 2.45) is 0 Å². The molecule has 4 rings (SSSR count).